The zero-order chi connectivity index (χ0) is 19.5. The fraction of sp³-hybridized carbons (Fsp3) is 0.650. The molecule has 1 fully saturated rings. The van der Waals surface area contributed by atoms with E-state index in [-0.39, 0.29) is 28.9 Å². The Kier molecular flexibility index (Phi) is 6.37. The number of amides is 1. The summed E-state index contributed by atoms with van der Waals surface area (Å²) in [5.41, 5.74) is 1.26. The summed E-state index contributed by atoms with van der Waals surface area (Å²) in [6.45, 7) is 10.7. The molecular weight excluding hydrogens is 350 g/mol. The number of nitrogens with zero attached hydrogens (tertiary/aromatic N) is 1. The molecule has 5 nitrogen and oxygen atoms in total. The van der Waals surface area contributed by atoms with E-state index in [2.05, 4.69) is 20.8 Å². The molecule has 0 saturated carbocycles. The minimum atomic E-state index is -3.03. The first kappa shape index (κ1) is 20.7. The van der Waals surface area contributed by atoms with Gasteiger partial charge >= 0.3 is 0 Å². The van der Waals surface area contributed by atoms with E-state index >= 15 is 0 Å². The summed E-state index contributed by atoms with van der Waals surface area (Å²) in [6.07, 6.45) is 0.654. The van der Waals surface area contributed by atoms with Gasteiger partial charge in [-0.2, -0.15) is 0 Å². The zero-order valence-corrected chi connectivity index (χ0v) is 17.3. The topological polar surface area (TPSA) is 63.7 Å². The maximum Gasteiger partial charge on any atom is 0.263 e. The van der Waals surface area contributed by atoms with Crippen molar-refractivity contribution in [1.29, 1.82) is 0 Å². The van der Waals surface area contributed by atoms with E-state index in [0.29, 0.717) is 18.7 Å². The quantitative estimate of drug-likeness (QED) is 0.759. The molecule has 1 aliphatic heterocycles. The van der Waals surface area contributed by atoms with Crippen LogP contribution in [0.2, 0.25) is 0 Å². The fourth-order valence-electron chi connectivity index (χ4n) is 3.26. The van der Waals surface area contributed by atoms with Crippen molar-refractivity contribution in [2.45, 2.75) is 65.0 Å². The minimum Gasteiger partial charge on any atom is -0.481 e. The summed E-state index contributed by atoms with van der Waals surface area (Å²) in [7, 11) is -3.03. The molecule has 2 unspecified atom stereocenters. The van der Waals surface area contributed by atoms with Gasteiger partial charge in [0.25, 0.3) is 5.91 Å². The fourth-order valence-corrected chi connectivity index (χ4v) is 4.99. The van der Waals surface area contributed by atoms with Gasteiger partial charge in [-0.15, -0.1) is 0 Å². The molecule has 0 aromatic heterocycles. The van der Waals surface area contributed by atoms with Crippen molar-refractivity contribution in [3.05, 3.63) is 29.8 Å². The Morgan fingerprint density at radius 1 is 1.27 bits per heavy atom. The van der Waals surface area contributed by atoms with E-state index in [1.165, 1.54) is 5.56 Å². The van der Waals surface area contributed by atoms with Crippen LogP contribution in [0.25, 0.3) is 0 Å². The lowest BCUT2D eigenvalue weighted by Gasteiger charge is -2.30. The van der Waals surface area contributed by atoms with Crippen LogP contribution in [0.3, 0.4) is 0 Å². The number of rotatable bonds is 6. The average molecular weight is 382 g/mol. The summed E-state index contributed by atoms with van der Waals surface area (Å²) in [4.78, 5) is 14.6. The number of hydrogen-bond donors (Lipinski definition) is 0. The third-order valence-corrected chi connectivity index (χ3v) is 6.53. The number of sulfone groups is 1. The maximum atomic E-state index is 12.9. The molecule has 1 aromatic rings. The molecule has 2 rings (SSSR count). The van der Waals surface area contributed by atoms with Crippen LogP contribution in [0, 0.1) is 0 Å². The summed E-state index contributed by atoms with van der Waals surface area (Å²) in [6, 6.07) is 7.56. The van der Waals surface area contributed by atoms with Crippen LogP contribution >= 0.6 is 0 Å². The standard InChI is InChI=1S/C20H31NO4S/c1-6-12-21(17-11-13-26(23,24)14-17)19(22)15(2)25-18-9-7-16(8-10-18)20(3,4)5/h7-10,15,17H,6,11-14H2,1-5H3. The highest BCUT2D eigenvalue weighted by Gasteiger charge is 2.36. The van der Waals surface area contributed by atoms with Gasteiger partial charge in [0, 0.05) is 12.6 Å². The molecule has 1 aliphatic rings. The normalized spacial score (nSPS) is 20.6. The number of benzene rings is 1. The molecule has 1 heterocycles. The van der Waals surface area contributed by atoms with Crippen molar-refractivity contribution in [3.8, 4) is 5.75 Å². The monoisotopic (exact) mass is 381 g/mol. The van der Waals surface area contributed by atoms with Gasteiger partial charge in [-0.3, -0.25) is 4.79 Å². The second kappa shape index (κ2) is 7.99. The molecule has 6 heteroatoms. The minimum absolute atomic E-state index is 0.0612. The van der Waals surface area contributed by atoms with E-state index < -0.39 is 15.9 Å². The molecule has 0 bridgehead atoms. The molecule has 1 aromatic carbocycles. The largest absolute Gasteiger partial charge is 0.481 e. The van der Waals surface area contributed by atoms with E-state index in [1.54, 1.807) is 11.8 Å². The predicted octanol–water partition coefficient (Wildman–Crippen LogP) is 3.18. The first-order chi connectivity index (χ1) is 12.0. The van der Waals surface area contributed by atoms with Gasteiger partial charge in [-0.1, -0.05) is 39.8 Å². The molecule has 0 spiro atoms. The second-order valence-electron chi connectivity index (χ2n) is 8.12. The Hall–Kier alpha value is -1.56. The van der Waals surface area contributed by atoms with Crippen molar-refractivity contribution in [2.24, 2.45) is 0 Å². The molecule has 1 amide bonds. The molecular formula is C20H31NO4S. The Morgan fingerprint density at radius 2 is 1.88 bits per heavy atom. The lowest BCUT2D eigenvalue weighted by Crippen LogP contribution is -2.47. The highest BCUT2D eigenvalue weighted by atomic mass is 32.2. The van der Waals surface area contributed by atoms with Gasteiger partial charge in [0.05, 0.1) is 11.5 Å². The lowest BCUT2D eigenvalue weighted by atomic mass is 9.87. The Bertz CT molecular complexity index is 719. The van der Waals surface area contributed by atoms with Crippen molar-refractivity contribution in [3.63, 3.8) is 0 Å². The molecule has 26 heavy (non-hydrogen) atoms. The van der Waals surface area contributed by atoms with Crippen LogP contribution in [0.1, 0.15) is 53.0 Å². The van der Waals surface area contributed by atoms with Crippen molar-refractivity contribution < 1.29 is 17.9 Å². The predicted molar refractivity (Wildman–Crippen MR) is 104 cm³/mol. The van der Waals surface area contributed by atoms with Gasteiger partial charge in [-0.05, 0) is 42.9 Å². The number of ether oxygens (including phenoxy) is 1. The van der Waals surface area contributed by atoms with Crippen LogP contribution in [0.15, 0.2) is 24.3 Å². The van der Waals surface area contributed by atoms with Gasteiger partial charge in [-0.25, -0.2) is 8.42 Å². The Labute approximate surface area is 157 Å². The zero-order valence-electron chi connectivity index (χ0n) is 16.5. The highest BCUT2D eigenvalue weighted by molar-refractivity contribution is 7.91. The van der Waals surface area contributed by atoms with Crippen molar-refractivity contribution in [1.82, 2.24) is 4.90 Å². The molecule has 0 N–H and O–H groups in total. The van der Waals surface area contributed by atoms with Crippen LogP contribution in [-0.2, 0) is 20.0 Å². The van der Waals surface area contributed by atoms with E-state index in [1.807, 2.05) is 31.2 Å². The molecule has 146 valence electrons. The molecule has 0 aliphatic carbocycles. The summed E-state index contributed by atoms with van der Waals surface area (Å²) >= 11 is 0. The smallest absolute Gasteiger partial charge is 0.263 e. The number of hydrogen-bond acceptors (Lipinski definition) is 4. The SMILES string of the molecule is CCCN(C(=O)C(C)Oc1ccc(C(C)(C)C)cc1)C1CCS(=O)(=O)C1. The van der Waals surface area contributed by atoms with E-state index in [9.17, 15) is 13.2 Å². The first-order valence-electron chi connectivity index (χ1n) is 9.31. The highest BCUT2D eigenvalue weighted by Crippen LogP contribution is 2.25. The van der Waals surface area contributed by atoms with E-state index in [4.69, 9.17) is 4.74 Å². The average Bonchev–Trinajstić information content (AvgIpc) is 2.91. The van der Waals surface area contributed by atoms with Gasteiger partial charge < -0.3 is 9.64 Å². The van der Waals surface area contributed by atoms with E-state index in [0.717, 1.165) is 6.42 Å². The van der Waals surface area contributed by atoms with Gasteiger partial charge in [0.2, 0.25) is 0 Å². The van der Waals surface area contributed by atoms with Crippen LogP contribution in [-0.4, -0.2) is 49.4 Å². The maximum absolute atomic E-state index is 12.9. The van der Waals surface area contributed by atoms with Crippen LogP contribution in [0.4, 0.5) is 0 Å². The van der Waals surface area contributed by atoms with Crippen molar-refractivity contribution >= 4 is 15.7 Å². The van der Waals surface area contributed by atoms with Crippen LogP contribution in [0.5, 0.6) is 5.75 Å². The number of carbonyl (C=O) groups is 1. The van der Waals surface area contributed by atoms with Gasteiger partial charge in [0.15, 0.2) is 15.9 Å². The lowest BCUT2D eigenvalue weighted by molar-refractivity contribution is -0.139. The number of carbonyl (C=O) groups excluding carboxylic acids is 1. The second-order valence-corrected chi connectivity index (χ2v) is 10.4. The molecule has 2 atom stereocenters. The first-order valence-corrected chi connectivity index (χ1v) is 11.1. The summed E-state index contributed by atoms with van der Waals surface area (Å²) in [5, 5.41) is 0. The Morgan fingerprint density at radius 3 is 2.35 bits per heavy atom. The van der Waals surface area contributed by atoms with Crippen molar-refractivity contribution in [2.75, 3.05) is 18.1 Å². The van der Waals surface area contributed by atoms with Gasteiger partial charge in [0.1, 0.15) is 5.75 Å². The summed E-state index contributed by atoms with van der Waals surface area (Å²) < 4.78 is 29.4. The third kappa shape index (κ3) is 5.22. The molecule has 0 radical (unpaired) electrons. The van der Waals surface area contributed by atoms with Crippen LogP contribution < -0.4 is 4.74 Å². The molecule has 1 saturated heterocycles. The summed E-state index contributed by atoms with van der Waals surface area (Å²) in [5.74, 6) is 0.726. The Balaban J connectivity index is 2.06. The third-order valence-electron chi connectivity index (χ3n) is 4.78.